The molecule has 20 rings (SSSR count). The molecule has 0 radical (unpaired) electrons. The summed E-state index contributed by atoms with van der Waals surface area (Å²) in [5, 5.41) is 22.5. The van der Waals surface area contributed by atoms with Gasteiger partial charge in [-0.25, -0.2) is 38.4 Å². The van der Waals surface area contributed by atoms with Crippen molar-refractivity contribution in [1.82, 2.24) is 29.4 Å². The normalized spacial score (nSPS) is 24.9. The number of carbonyl (C=O) groups excluding carboxylic acids is 10. The zero-order chi connectivity index (χ0) is 99.1. The van der Waals surface area contributed by atoms with E-state index in [1.54, 1.807) is 13.8 Å². The van der Waals surface area contributed by atoms with E-state index in [0.29, 0.717) is 96.2 Å². The Morgan fingerprint density at radius 1 is 0.453 bits per heavy atom. The van der Waals surface area contributed by atoms with Crippen LogP contribution in [0.3, 0.4) is 0 Å². The van der Waals surface area contributed by atoms with Crippen LogP contribution in [0.25, 0.3) is 0 Å². The standard InChI is InChI=1S/C49H48N4O16S.C48H49N3O17S/c1-10-61-46(56)52-14-13-26-17-33(68-47(57)62-11-2)32(59-8)18-28(26)49(52)21-70-44-36-35(42-41(65-22-66-42)24(5)40(36)67-25(6)54)31(20-64-45(49)55)53-30(19-50)29-16-27-15-23(4)39(60-9)43(69-48(58)63-12-3)34(27)37(38(44)53)51(29)7;1-10-60-45(55)50-14-13-25-17-31(67-46(56)61-11-2)30(58-8)18-27(25)48(50)20-69-42-34-33(40-39(64-21-65-40)23(5)38(34)66-24(6)52)29(19-63-44(48)54)51-36(42)35-32-26(16-28(43(51)53)49(35)7)15-22(4)37(59-9)41(32)68-47(57)62-12-3/h10-12,15,17-18,29-31,37-38,44H,1-3,13-14,16,20-22H2,4-9H3;10-12,15,17-18,28-29,35-36,42-43,53H,1-3,13-14,16,19-21H2,4-9H3/t29-,30-,31-,37+,38?,44+,49+;28-,29-,35+,36?,42+,43-,48+/m00/s1. The summed E-state index contributed by atoms with van der Waals surface area (Å²) < 4.78 is 127. The van der Waals surface area contributed by atoms with Crippen LogP contribution in [-0.2, 0) is 93.8 Å². The molecule has 6 aromatic rings. The van der Waals surface area contributed by atoms with Gasteiger partial charge in [-0.3, -0.25) is 39.0 Å². The Kier molecular flexibility index (Phi) is 26.5. The number of nitriles is 1. The Bertz CT molecular complexity index is 6290. The Hall–Kier alpha value is -14.4. The van der Waals surface area contributed by atoms with Crippen molar-refractivity contribution in [2.45, 2.75) is 149 Å². The second kappa shape index (κ2) is 38.2. The number of piperazine rings is 2. The van der Waals surface area contributed by atoms with Gasteiger partial charge in [-0.05, 0) is 136 Å². The molecule has 8 bridgehead atoms. The van der Waals surface area contributed by atoms with Crippen molar-refractivity contribution in [3.63, 3.8) is 0 Å². The zero-order valence-electron chi connectivity index (χ0n) is 77.5. The van der Waals surface area contributed by atoms with Crippen molar-refractivity contribution in [1.29, 1.82) is 5.26 Å². The number of aliphatic hydroxyl groups is 1. The highest BCUT2D eigenvalue weighted by molar-refractivity contribution is 7.99. The van der Waals surface area contributed by atoms with Gasteiger partial charge < -0.3 is 109 Å². The number of likely N-dealkylation sites (N-methyl/N-ethyl adjacent to an activating group) is 2. The van der Waals surface area contributed by atoms with Crippen LogP contribution in [0.4, 0.5) is 28.8 Å². The predicted octanol–water partition coefficient (Wildman–Crippen LogP) is 13.2. The van der Waals surface area contributed by atoms with Gasteiger partial charge in [-0.2, -0.15) is 5.26 Å². The fraction of sp³-hybridized carbons (Fsp3) is 0.392. The third-order valence-corrected chi connectivity index (χ3v) is 30.3. The number of hydrogen-bond donors (Lipinski definition) is 1. The van der Waals surface area contributed by atoms with Gasteiger partial charge in [0.05, 0.1) is 113 Å². The highest BCUT2D eigenvalue weighted by Crippen LogP contribution is 2.69. The lowest BCUT2D eigenvalue weighted by molar-refractivity contribution is -0.188. The number of thioether (sulfide) groups is 2. The Labute approximate surface area is 804 Å². The molecular weight excluding hydrogens is 1860 g/mol. The predicted molar refractivity (Wildman–Crippen MR) is 486 cm³/mol. The number of aliphatic hydroxyl groups excluding tert-OH is 1. The van der Waals surface area contributed by atoms with Crippen LogP contribution in [-0.4, -0.2) is 226 Å². The summed E-state index contributed by atoms with van der Waals surface area (Å²) >= 11 is 2.44. The first-order valence-electron chi connectivity index (χ1n) is 43.8. The van der Waals surface area contributed by atoms with Gasteiger partial charge in [0.15, 0.2) is 80.1 Å². The molecule has 40 nitrogen and oxygen atoms in total. The van der Waals surface area contributed by atoms with Crippen molar-refractivity contribution < 1.29 is 157 Å². The molecule has 4 fully saturated rings. The molecule has 0 aromatic heterocycles. The minimum Gasteiger partial charge on any atom is -0.493 e. The fourth-order valence-electron chi connectivity index (χ4n) is 22.2. The van der Waals surface area contributed by atoms with E-state index in [2.05, 4.69) is 50.4 Å². The maximum Gasteiger partial charge on any atom is 0.518 e. The van der Waals surface area contributed by atoms with Crippen LogP contribution in [0.5, 0.6) is 80.5 Å². The molecule has 1 N–H and O–H groups in total. The largest absolute Gasteiger partial charge is 0.518 e. The molecule has 14 aliphatic rings. The molecule has 4 saturated heterocycles. The summed E-state index contributed by atoms with van der Waals surface area (Å²) in [7, 11) is 9.33. The van der Waals surface area contributed by atoms with Crippen LogP contribution in [0.15, 0.2) is 113 Å². The van der Waals surface area contributed by atoms with Crippen LogP contribution >= 0.6 is 23.5 Å². The molecule has 2 unspecified atom stereocenters. The molecule has 0 saturated carbocycles. The summed E-state index contributed by atoms with van der Waals surface area (Å²) in [6.45, 7) is 29.3. The van der Waals surface area contributed by atoms with Gasteiger partial charge in [0.25, 0.3) is 0 Å². The summed E-state index contributed by atoms with van der Waals surface area (Å²) in [4.78, 5) is 148. The van der Waals surface area contributed by atoms with Gasteiger partial charge in [0.2, 0.25) is 13.6 Å². The molecule has 14 aliphatic heterocycles. The number of carbonyl (C=O) groups is 10. The molecule has 730 valence electrons. The van der Waals surface area contributed by atoms with Crippen LogP contribution in [0.2, 0.25) is 0 Å². The molecule has 2 spiro atoms. The molecule has 0 aliphatic carbocycles. The number of nitrogens with zero attached hydrogens (tertiary/aromatic N) is 7. The maximum atomic E-state index is 15.6. The van der Waals surface area contributed by atoms with Crippen molar-refractivity contribution in [2.24, 2.45) is 0 Å². The smallest absolute Gasteiger partial charge is 0.493 e. The molecule has 14 heterocycles. The van der Waals surface area contributed by atoms with Crippen molar-refractivity contribution >= 4 is 84.2 Å². The fourth-order valence-corrected chi connectivity index (χ4v) is 25.6. The number of benzene rings is 6. The minimum atomic E-state index is -2.01. The highest BCUT2D eigenvalue weighted by Gasteiger charge is 2.67. The highest BCUT2D eigenvalue weighted by atomic mass is 32.2. The van der Waals surface area contributed by atoms with Crippen molar-refractivity contribution in [3.8, 4) is 86.6 Å². The van der Waals surface area contributed by atoms with Crippen LogP contribution < -0.4 is 66.3 Å². The average molecular weight is 1950 g/mol. The summed E-state index contributed by atoms with van der Waals surface area (Å²) in [5.74, 6) is -1.32. The topological polar surface area (TPSA) is 437 Å². The van der Waals surface area contributed by atoms with Gasteiger partial charge in [-0.15, -0.1) is 23.5 Å². The van der Waals surface area contributed by atoms with Gasteiger partial charge in [-0.1, -0.05) is 51.6 Å². The number of methoxy groups -OCH3 is 4. The van der Waals surface area contributed by atoms with Crippen LogP contribution in [0.1, 0.15) is 138 Å². The average Bonchev–Trinajstić information content (AvgIpc) is 1.44. The number of fused-ring (bicyclic) bond motifs is 18. The summed E-state index contributed by atoms with van der Waals surface area (Å²) in [6.07, 6.45) is -0.881. The number of amides is 2. The second-order valence-electron chi connectivity index (χ2n) is 33.9. The number of hydrogen-bond acceptors (Lipinski definition) is 40. The van der Waals surface area contributed by atoms with E-state index in [1.807, 2.05) is 54.8 Å². The SMILES string of the molecule is C=COC(=O)Oc1cc2c(cc1OC)[C@@]1(CS[C@@H]3c4c(OC(C)=O)c(C)c5c(c4[C@H](COC1=O)N1C3[C@H]3c4c(cc(C)c(OC)c4OC(=O)OC=C)C[C@@H]([C@@H]1C#N)N3C)OCO5)N(C(=O)OC=C)CC2.C=COC(=O)Oc1cc2c(cc1OC)[C@@]1(CS[C@@H]3c4c(OC(C)=O)c(C)c5c(c4[C@H](COC1=O)N1C3[C@H]3c4c(cc(C)c(OC)c4OC(=O)OC=C)C[C@@H]([C@@H]1O)N3C)OCO5)N(C(=O)OC=C)CC2. The van der Waals surface area contributed by atoms with E-state index in [-0.39, 0.29) is 126 Å². The second-order valence-corrected chi connectivity index (χ2v) is 36.2. The third-order valence-electron chi connectivity index (χ3n) is 27.3. The first kappa shape index (κ1) is 96.3. The van der Waals surface area contributed by atoms with Crippen molar-refractivity contribution in [3.05, 3.63) is 202 Å². The van der Waals surface area contributed by atoms with Crippen LogP contribution in [0, 0.1) is 39.0 Å². The number of esters is 4. The van der Waals surface area contributed by atoms with Crippen molar-refractivity contribution in [2.75, 3.05) is 93.9 Å². The minimum absolute atomic E-state index is 0.00821. The molecule has 42 heteroatoms. The lowest BCUT2D eigenvalue weighted by atomic mass is 9.71. The number of aryl methyl sites for hydroxylation is 2. The Morgan fingerprint density at radius 2 is 0.835 bits per heavy atom. The van der Waals surface area contributed by atoms with E-state index < -0.39 is 156 Å². The van der Waals surface area contributed by atoms with E-state index in [9.17, 15) is 48.7 Å². The van der Waals surface area contributed by atoms with Gasteiger partial charge in [0.1, 0.15) is 37.0 Å². The lowest BCUT2D eigenvalue weighted by Gasteiger charge is -2.62. The first-order valence-corrected chi connectivity index (χ1v) is 45.9. The molecule has 139 heavy (non-hydrogen) atoms. The molecule has 14 atom stereocenters. The molecule has 2 amide bonds. The summed E-state index contributed by atoms with van der Waals surface area (Å²) in [6, 6.07) is 5.37. The quantitative estimate of drug-likeness (QED) is 0.0309. The zero-order valence-corrected chi connectivity index (χ0v) is 79.2. The maximum absolute atomic E-state index is 15.6. The Balaban J connectivity index is 0.000000192. The number of rotatable bonds is 16. The van der Waals surface area contributed by atoms with E-state index in [0.717, 1.165) is 48.7 Å². The third kappa shape index (κ3) is 15.7. The molecule has 6 aromatic carbocycles. The Morgan fingerprint density at radius 3 is 1.22 bits per heavy atom. The lowest BCUT2D eigenvalue weighted by Crippen LogP contribution is -2.70. The summed E-state index contributed by atoms with van der Waals surface area (Å²) in [5.41, 5.74) is 4.26. The van der Waals surface area contributed by atoms with E-state index >= 15 is 9.59 Å². The van der Waals surface area contributed by atoms with Gasteiger partial charge >= 0.3 is 60.7 Å². The van der Waals surface area contributed by atoms with E-state index in [1.165, 1.54) is 99.9 Å². The van der Waals surface area contributed by atoms with Gasteiger partial charge in [0, 0.05) is 101 Å². The molecular formula is C97H97N7O33S2. The van der Waals surface area contributed by atoms with E-state index in [4.69, 9.17) is 104 Å². The monoisotopic (exact) mass is 1950 g/mol. The first-order chi connectivity index (χ1) is 66.8. The number of ether oxygens (including phenoxy) is 22.